The molecule has 0 aliphatic carbocycles. The van der Waals surface area contributed by atoms with E-state index in [0.29, 0.717) is 17.8 Å². The molecule has 0 spiro atoms. The number of amides is 2. The third-order valence-electron chi connectivity index (χ3n) is 3.37. The first-order valence-corrected chi connectivity index (χ1v) is 7.35. The average Bonchev–Trinajstić information content (AvgIpc) is 2.94. The number of anilines is 2. The summed E-state index contributed by atoms with van der Waals surface area (Å²) in [6.45, 7) is 2.21. The van der Waals surface area contributed by atoms with Crippen molar-refractivity contribution in [3.63, 3.8) is 0 Å². The molecule has 20 heavy (non-hydrogen) atoms. The Morgan fingerprint density at radius 2 is 2.15 bits per heavy atom. The van der Waals surface area contributed by atoms with Crippen LogP contribution < -0.4 is 10.2 Å². The predicted molar refractivity (Wildman–Crippen MR) is 80.2 cm³/mol. The topological polar surface area (TPSA) is 49.4 Å². The Kier molecular flexibility index (Phi) is 3.28. The minimum atomic E-state index is -0.245. The fourth-order valence-corrected chi connectivity index (χ4v) is 2.89. The van der Waals surface area contributed by atoms with Crippen LogP contribution in [-0.2, 0) is 4.79 Å². The van der Waals surface area contributed by atoms with Crippen LogP contribution in [0.2, 0.25) is 0 Å². The molecule has 1 aromatic carbocycles. The minimum absolute atomic E-state index is 0.0573. The molecule has 3 rings (SSSR count). The van der Waals surface area contributed by atoms with Crippen LogP contribution in [0.4, 0.5) is 11.4 Å². The van der Waals surface area contributed by atoms with Gasteiger partial charge in [-0.2, -0.15) is 11.3 Å². The number of benzene rings is 1. The molecular weight excluding hydrogens is 272 g/mol. The van der Waals surface area contributed by atoms with Gasteiger partial charge in [-0.15, -0.1) is 0 Å². The van der Waals surface area contributed by atoms with Crippen LogP contribution in [0.25, 0.3) is 0 Å². The number of hydrogen-bond acceptors (Lipinski definition) is 3. The van der Waals surface area contributed by atoms with E-state index in [1.54, 1.807) is 11.0 Å². The molecule has 0 bridgehead atoms. The van der Waals surface area contributed by atoms with E-state index in [9.17, 15) is 9.59 Å². The van der Waals surface area contributed by atoms with Gasteiger partial charge in [-0.1, -0.05) is 19.1 Å². The van der Waals surface area contributed by atoms with Crippen molar-refractivity contribution < 1.29 is 9.59 Å². The summed E-state index contributed by atoms with van der Waals surface area (Å²) < 4.78 is 0. The van der Waals surface area contributed by atoms with E-state index in [2.05, 4.69) is 5.32 Å². The van der Waals surface area contributed by atoms with Crippen molar-refractivity contribution >= 4 is 34.5 Å². The predicted octanol–water partition coefficient (Wildman–Crippen LogP) is 2.98. The summed E-state index contributed by atoms with van der Waals surface area (Å²) in [6, 6.07) is 9.20. The van der Waals surface area contributed by atoms with E-state index in [-0.39, 0.29) is 17.7 Å². The first-order valence-electron chi connectivity index (χ1n) is 6.41. The van der Waals surface area contributed by atoms with Crippen molar-refractivity contribution in [1.29, 1.82) is 0 Å². The second-order valence-corrected chi connectivity index (χ2v) is 5.62. The number of rotatable bonds is 1. The number of carbonyl (C=O) groups is 2. The molecule has 5 heteroatoms. The molecule has 1 aliphatic rings. The van der Waals surface area contributed by atoms with E-state index < -0.39 is 0 Å². The van der Waals surface area contributed by atoms with Crippen LogP contribution in [0, 0.1) is 5.92 Å². The molecule has 0 saturated carbocycles. The first-order chi connectivity index (χ1) is 9.66. The summed E-state index contributed by atoms with van der Waals surface area (Å²) in [7, 11) is 0. The third-order valence-corrected chi connectivity index (χ3v) is 4.05. The fourth-order valence-electron chi connectivity index (χ4n) is 2.26. The second kappa shape index (κ2) is 5.09. The van der Waals surface area contributed by atoms with Gasteiger partial charge in [-0.25, -0.2) is 0 Å². The molecule has 0 fully saturated rings. The highest BCUT2D eigenvalue weighted by molar-refractivity contribution is 7.08. The lowest BCUT2D eigenvalue weighted by atomic mass is 10.1. The van der Waals surface area contributed by atoms with Crippen molar-refractivity contribution in [2.45, 2.75) is 6.92 Å². The summed E-state index contributed by atoms with van der Waals surface area (Å²) in [6.07, 6.45) is 0. The quantitative estimate of drug-likeness (QED) is 0.876. The van der Waals surface area contributed by atoms with Crippen molar-refractivity contribution in [3.05, 3.63) is 46.7 Å². The molecule has 102 valence electrons. The molecule has 2 heterocycles. The lowest BCUT2D eigenvalue weighted by molar-refractivity contribution is -0.119. The lowest BCUT2D eigenvalue weighted by Crippen LogP contribution is -2.35. The van der Waals surface area contributed by atoms with Gasteiger partial charge in [0.2, 0.25) is 5.91 Å². The molecule has 2 aromatic rings. The monoisotopic (exact) mass is 286 g/mol. The molecule has 0 saturated heterocycles. The number of para-hydroxylation sites is 2. The zero-order valence-electron chi connectivity index (χ0n) is 11.0. The standard InChI is InChI=1S/C15H14N2O2S/c1-10-8-17(15(19)11-6-7-20-9-11)13-5-3-2-4-12(13)16-14(10)18/h2-7,9-10H,8H2,1H3,(H,16,18). The maximum absolute atomic E-state index is 12.6. The highest BCUT2D eigenvalue weighted by Gasteiger charge is 2.29. The number of fused-ring (bicyclic) bond motifs is 1. The smallest absolute Gasteiger partial charge is 0.259 e. The van der Waals surface area contributed by atoms with Crippen molar-refractivity contribution in [2.75, 3.05) is 16.8 Å². The SMILES string of the molecule is CC1CN(C(=O)c2ccsc2)c2ccccc2NC1=O. The van der Waals surface area contributed by atoms with Gasteiger partial charge in [-0.05, 0) is 23.6 Å². The molecule has 1 N–H and O–H groups in total. The summed E-state index contributed by atoms with van der Waals surface area (Å²) in [5.74, 6) is -0.370. The number of hydrogen-bond donors (Lipinski definition) is 1. The fraction of sp³-hybridized carbons (Fsp3) is 0.200. The van der Waals surface area contributed by atoms with Crippen LogP contribution in [0.5, 0.6) is 0 Å². The maximum atomic E-state index is 12.6. The maximum Gasteiger partial charge on any atom is 0.259 e. The molecule has 2 amide bonds. The van der Waals surface area contributed by atoms with Gasteiger partial charge in [0.25, 0.3) is 5.91 Å². The summed E-state index contributed by atoms with van der Waals surface area (Å²) in [5.41, 5.74) is 2.10. The minimum Gasteiger partial charge on any atom is -0.324 e. The summed E-state index contributed by atoms with van der Waals surface area (Å²) in [4.78, 5) is 26.3. The zero-order valence-corrected chi connectivity index (χ0v) is 11.8. The van der Waals surface area contributed by atoms with Crippen LogP contribution in [0.3, 0.4) is 0 Å². The molecule has 1 aliphatic heterocycles. The van der Waals surface area contributed by atoms with Gasteiger partial charge in [-0.3, -0.25) is 9.59 Å². The van der Waals surface area contributed by atoms with Crippen molar-refractivity contribution in [3.8, 4) is 0 Å². The van der Waals surface area contributed by atoms with Gasteiger partial charge in [0.1, 0.15) is 0 Å². The number of nitrogens with zero attached hydrogens (tertiary/aromatic N) is 1. The Labute approximate surface area is 121 Å². The first kappa shape index (κ1) is 12.9. The zero-order chi connectivity index (χ0) is 14.1. The van der Waals surface area contributed by atoms with Crippen molar-refractivity contribution in [2.24, 2.45) is 5.92 Å². The lowest BCUT2D eigenvalue weighted by Gasteiger charge is -2.23. The third kappa shape index (κ3) is 2.20. The van der Waals surface area contributed by atoms with E-state index in [1.807, 2.05) is 41.9 Å². The van der Waals surface area contributed by atoms with Crippen LogP contribution in [0.1, 0.15) is 17.3 Å². The van der Waals surface area contributed by atoms with E-state index in [1.165, 1.54) is 11.3 Å². The summed E-state index contributed by atoms with van der Waals surface area (Å²) in [5, 5.41) is 6.58. The molecular formula is C15H14N2O2S. The largest absolute Gasteiger partial charge is 0.324 e. The molecule has 1 unspecified atom stereocenters. The Bertz CT molecular complexity index is 652. The molecule has 1 atom stereocenters. The van der Waals surface area contributed by atoms with Gasteiger partial charge in [0.05, 0.1) is 22.9 Å². The Balaban J connectivity index is 2.05. The van der Waals surface area contributed by atoms with Crippen LogP contribution >= 0.6 is 11.3 Å². The molecule has 4 nitrogen and oxygen atoms in total. The Morgan fingerprint density at radius 1 is 1.35 bits per heavy atom. The summed E-state index contributed by atoms with van der Waals surface area (Å²) >= 11 is 1.49. The van der Waals surface area contributed by atoms with E-state index in [0.717, 1.165) is 5.69 Å². The Hall–Kier alpha value is -2.14. The van der Waals surface area contributed by atoms with Gasteiger partial charge < -0.3 is 10.2 Å². The van der Waals surface area contributed by atoms with Gasteiger partial charge in [0, 0.05) is 11.9 Å². The number of nitrogens with one attached hydrogen (secondary N) is 1. The Morgan fingerprint density at radius 3 is 2.90 bits per heavy atom. The average molecular weight is 286 g/mol. The number of thiophene rings is 1. The normalized spacial score (nSPS) is 18.1. The highest BCUT2D eigenvalue weighted by atomic mass is 32.1. The molecule has 0 radical (unpaired) electrons. The van der Waals surface area contributed by atoms with E-state index in [4.69, 9.17) is 0 Å². The van der Waals surface area contributed by atoms with Crippen LogP contribution in [0.15, 0.2) is 41.1 Å². The molecule has 1 aromatic heterocycles. The van der Waals surface area contributed by atoms with Crippen molar-refractivity contribution in [1.82, 2.24) is 0 Å². The van der Waals surface area contributed by atoms with Gasteiger partial charge in [0.15, 0.2) is 0 Å². The van der Waals surface area contributed by atoms with Crippen LogP contribution in [-0.4, -0.2) is 18.4 Å². The highest BCUT2D eigenvalue weighted by Crippen LogP contribution is 2.31. The second-order valence-electron chi connectivity index (χ2n) is 4.84. The number of carbonyl (C=O) groups excluding carboxylic acids is 2. The van der Waals surface area contributed by atoms with Gasteiger partial charge >= 0.3 is 0 Å². The van der Waals surface area contributed by atoms with E-state index >= 15 is 0 Å².